The fourth-order valence-electron chi connectivity index (χ4n) is 1.63. The van der Waals surface area contributed by atoms with Crippen LogP contribution in [0.5, 0.6) is 0 Å². The van der Waals surface area contributed by atoms with Crippen molar-refractivity contribution in [3.63, 3.8) is 0 Å². The molecule has 0 aromatic carbocycles. The van der Waals surface area contributed by atoms with Crippen molar-refractivity contribution in [2.75, 3.05) is 11.5 Å². The number of nitrogens with two attached hydrogens (primary N) is 2. The molecule has 0 aromatic heterocycles. The highest BCUT2D eigenvalue weighted by atomic mass is 33.1. The van der Waals surface area contributed by atoms with Gasteiger partial charge in [0, 0.05) is 23.6 Å². The third-order valence-electron chi connectivity index (χ3n) is 2.92. The molecule has 0 radical (unpaired) electrons. The van der Waals surface area contributed by atoms with Gasteiger partial charge < -0.3 is 31.9 Å². The van der Waals surface area contributed by atoms with Crippen LogP contribution in [0, 0.1) is 11.8 Å². The number of carboxylic acids is 4. The Morgan fingerprint density at radius 2 is 0.917 bits per heavy atom. The van der Waals surface area contributed by atoms with Gasteiger partial charge in [-0.3, -0.25) is 19.2 Å². The molecule has 0 saturated carbocycles. The fourth-order valence-corrected chi connectivity index (χ4v) is 4.07. The lowest BCUT2D eigenvalue weighted by Crippen LogP contribution is -2.34. The second-order valence-electron chi connectivity index (χ2n) is 5.02. The summed E-state index contributed by atoms with van der Waals surface area (Å²) in [7, 11) is 2.46. The molecule has 0 heterocycles. The van der Waals surface area contributed by atoms with Gasteiger partial charge in [-0.15, -0.1) is 0 Å². The predicted octanol–water partition coefficient (Wildman–Crippen LogP) is -0.627. The number of hydrogen-bond donors (Lipinski definition) is 6. The summed E-state index contributed by atoms with van der Waals surface area (Å²) in [4.78, 5) is 43.0. The minimum atomic E-state index is -1.57. The molecule has 0 amide bonds. The van der Waals surface area contributed by atoms with Crippen molar-refractivity contribution in [2.24, 2.45) is 23.3 Å². The number of aliphatic carboxylic acids is 4. The smallest absolute Gasteiger partial charge is 0.317 e. The van der Waals surface area contributed by atoms with Crippen LogP contribution in [0.2, 0.25) is 0 Å². The van der Waals surface area contributed by atoms with E-state index < -0.39 is 47.8 Å². The lowest BCUT2D eigenvalue weighted by molar-refractivity contribution is -0.156. The highest BCUT2D eigenvalue weighted by Gasteiger charge is 2.29. The van der Waals surface area contributed by atoms with Crippen molar-refractivity contribution in [3.05, 3.63) is 0 Å². The van der Waals surface area contributed by atoms with Crippen LogP contribution in [-0.4, -0.2) is 67.9 Å². The van der Waals surface area contributed by atoms with E-state index >= 15 is 0 Å². The molecule has 10 nitrogen and oxygen atoms in total. The Morgan fingerprint density at radius 3 is 1.12 bits per heavy atom. The minimum absolute atomic E-state index is 0.218. The Balaban J connectivity index is 4.11. The molecule has 0 spiro atoms. The maximum atomic E-state index is 10.7. The molecule has 0 aromatic rings. The van der Waals surface area contributed by atoms with E-state index in [2.05, 4.69) is 0 Å². The van der Waals surface area contributed by atoms with Gasteiger partial charge in [0.1, 0.15) is 0 Å². The Bertz CT molecular complexity index is 406. The molecular formula is C12H20N2O8S2. The minimum Gasteiger partial charge on any atom is -0.481 e. The van der Waals surface area contributed by atoms with E-state index in [-0.39, 0.29) is 24.3 Å². The van der Waals surface area contributed by atoms with E-state index in [0.29, 0.717) is 0 Å². The number of hydrogen-bond acceptors (Lipinski definition) is 8. The van der Waals surface area contributed by atoms with E-state index in [0.717, 1.165) is 0 Å². The van der Waals surface area contributed by atoms with Gasteiger partial charge in [0.15, 0.2) is 11.8 Å². The number of rotatable bonds is 13. The molecule has 0 bridgehead atoms. The zero-order valence-electron chi connectivity index (χ0n) is 12.5. The number of carboxylic acid groups (broad SMARTS) is 4. The van der Waals surface area contributed by atoms with Gasteiger partial charge >= 0.3 is 23.9 Å². The Labute approximate surface area is 145 Å². The van der Waals surface area contributed by atoms with Crippen LogP contribution >= 0.6 is 21.6 Å². The molecule has 2 unspecified atom stereocenters. The van der Waals surface area contributed by atoms with Crippen LogP contribution in [0.25, 0.3) is 0 Å². The second kappa shape index (κ2) is 11.1. The summed E-state index contributed by atoms with van der Waals surface area (Å²) in [5, 5.41) is 35.0. The highest BCUT2D eigenvalue weighted by Crippen LogP contribution is 2.25. The molecule has 138 valence electrons. The van der Waals surface area contributed by atoms with E-state index in [1.165, 1.54) is 21.6 Å². The number of carbonyl (C=O) groups is 4. The summed E-state index contributed by atoms with van der Waals surface area (Å²) in [6.45, 7) is 0. The topological polar surface area (TPSA) is 201 Å². The summed E-state index contributed by atoms with van der Waals surface area (Å²) < 4.78 is 0. The summed E-state index contributed by atoms with van der Waals surface area (Å²) in [5.41, 5.74) is 11.4. The summed E-state index contributed by atoms with van der Waals surface area (Å²) in [6, 6.07) is -1.30. The maximum absolute atomic E-state index is 10.7. The van der Waals surface area contributed by atoms with E-state index in [9.17, 15) is 19.2 Å². The standard InChI is InChI=1S/C12H20N2O8S2/c13-5(1-7(9(15)16)10(17)18)3-23-24-4-6(14)2-8(11(19)20)12(21)22/h5-8H,1-4,13-14H2,(H,15,16)(H,17,18)(H,19,20)(H,21,22). The zero-order valence-corrected chi connectivity index (χ0v) is 14.2. The molecule has 2 atom stereocenters. The first-order valence-corrected chi connectivity index (χ1v) is 9.21. The van der Waals surface area contributed by atoms with Gasteiger partial charge in [-0.25, -0.2) is 0 Å². The van der Waals surface area contributed by atoms with Gasteiger partial charge in [-0.2, -0.15) is 0 Å². The van der Waals surface area contributed by atoms with Crippen molar-refractivity contribution < 1.29 is 39.6 Å². The highest BCUT2D eigenvalue weighted by molar-refractivity contribution is 8.76. The van der Waals surface area contributed by atoms with Gasteiger partial charge in [-0.05, 0) is 12.8 Å². The van der Waals surface area contributed by atoms with Crippen molar-refractivity contribution in [2.45, 2.75) is 24.9 Å². The van der Waals surface area contributed by atoms with Crippen LogP contribution in [-0.2, 0) is 19.2 Å². The maximum Gasteiger partial charge on any atom is 0.317 e. The van der Waals surface area contributed by atoms with Crippen LogP contribution in [0.4, 0.5) is 0 Å². The predicted molar refractivity (Wildman–Crippen MR) is 87.6 cm³/mol. The van der Waals surface area contributed by atoms with Crippen LogP contribution in [0.3, 0.4) is 0 Å². The van der Waals surface area contributed by atoms with Crippen LogP contribution < -0.4 is 11.5 Å². The first-order chi connectivity index (χ1) is 11.1. The lowest BCUT2D eigenvalue weighted by Gasteiger charge is -2.16. The van der Waals surface area contributed by atoms with Crippen LogP contribution in [0.15, 0.2) is 0 Å². The van der Waals surface area contributed by atoms with E-state index in [1.807, 2.05) is 0 Å². The lowest BCUT2D eigenvalue weighted by atomic mass is 10.0. The average Bonchev–Trinajstić information content (AvgIpc) is 2.45. The van der Waals surface area contributed by atoms with E-state index in [4.69, 9.17) is 31.9 Å². The molecule has 8 N–H and O–H groups in total. The third kappa shape index (κ3) is 8.96. The third-order valence-corrected chi connectivity index (χ3v) is 5.53. The van der Waals surface area contributed by atoms with Gasteiger partial charge in [0.25, 0.3) is 0 Å². The average molecular weight is 384 g/mol. The Kier molecular flexibility index (Phi) is 10.4. The van der Waals surface area contributed by atoms with Crippen molar-refractivity contribution in [1.82, 2.24) is 0 Å². The van der Waals surface area contributed by atoms with Gasteiger partial charge in [0.05, 0.1) is 0 Å². The Hall–Kier alpha value is -1.50. The van der Waals surface area contributed by atoms with E-state index in [1.54, 1.807) is 0 Å². The first kappa shape index (κ1) is 22.5. The molecule has 0 rings (SSSR count). The summed E-state index contributed by atoms with van der Waals surface area (Å²) >= 11 is 0. The first-order valence-electron chi connectivity index (χ1n) is 6.73. The molecule has 0 aliphatic carbocycles. The van der Waals surface area contributed by atoms with Crippen molar-refractivity contribution >= 4 is 45.5 Å². The molecule has 0 aliphatic rings. The van der Waals surface area contributed by atoms with Gasteiger partial charge in [0.2, 0.25) is 0 Å². The molecule has 0 aliphatic heterocycles. The monoisotopic (exact) mass is 384 g/mol. The zero-order chi connectivity index (χ0) is 18.9. The summed E-state index contributed by atoms with van der Waals surface area (Å²) in [5.74, 6) is -8.40. The molecular weight excluding hydrogens is 364 g/mol. The fraction of sp³-hybridized carbons (Fsp3) is 0.667. The quantitative estimate of drug-likeness (QED) is 0.133. The molecule has 0 saturated heterocycles. The Morgan fingerprint density at radius 1 is 0.667 bits per heavy atom. The second-order valence-corrected chi connectivity index (χ2v) is 7.57. The van der Waals surface area contributed by atoms with Crippen molar-refractivity contribution in [1.29, 1.82) is 0 Å². The van der Waals surface area contributed by atoms with Crippen molar-refractivity contribution in [3.8, 4) is 0 Å². The summed E-state index contributed by atoms with van der Waals surface area (Å²) in [6.07, 6.45) is -0.436. The normalized spacial score (nSPS) is 13.7. The SMILES string of the molecule is NC(CSSCC(N)CC(C(=O)O)C(=O)O)CC(C(=O)O)C(=O)O. The molecule has 12 heteroatoms. The van der Waals surface area contributed by atoms with Crippen LogP contribution in [0.1, 0.15) is 12.8 Å². The largest absolute Gasteiger partial charge is 0.481 e. The molecule has 24 heavy (non-hydrogen) atoms. The molecule has 0 fully saturated rings. The van der Waals surface area contributed by atoms with Gasteiger partial charge in [-0.1, -0.05) is 21.6 Å².